The molecule has 1 saturated heterocycles. The van der Waals surface area contributed by atoms with Crippen LogP contribution in [0.15, 0.2) is 35.2 Å². The van der Waals surface area contributed by atoms with Crippen LogP contribution in [0.4, 0.5) is 11.4 Å². The maximum Gasteiger partial charge on any atom is 0.257 e. The van der Waals surface area contributed by atoms with Crippen LogP contribution in [0.25, 0.3) is 0 Å². The van der Waals surface area contributed by atoms with Crippen molar-refractivity contribution in [1.82, 2.24) is 4.31 Å². The van der Waals surface area contributed by atoms with Gasteiger partial charge in [0.25, 0.3) is 5.91 Å². The molecule has 2 aromatic rings. The van der Waals surface area contributed by atoms with E-state index >= 15 is 0 Å². The first-order chi connectivity index (χ1) is 16.2. The summed E-state index contributed by atoms with van der Waals surface area (Å²) in [4.78, 5) is 15.8. The molecule has 0 spiro atoms. The molecule has 2 aliphatic rings. The maximum absolute atomic E-state index is 13.6. The van der Waals surface area contributed by atoms with Crippen molar-refractivity contribution in [2.24, 2.45) is 0 Å². The van der Waals surface area contributed by atoms with Gasteiger partial charge in [0, 0.05) is 50.9 Å². The lowest BCUT2D eigenvalue weighted by Crippen LogP contribution is -2.32. The topological polar surface area (TPSA) is 88.2 Å². The van der Waals surface area contributed by atoms with Crippen LogP contribution in [0, 0.1) is 0 Å². The molecule has 1 N–H and O–H groups in total. The van der Waals surface area contributed by atoms with Crippen molar-refractivity contribution in [2.45, 2.75) is 50.5 Å². The second kappa shape index (κ2) is 9.84. The van der Waals surface area contributed by atoms with Crippen molar-refractivity contribution in [3.8, 4) is 11.5 Å². The number of amides is 1. The van der Waals surface area contributed by atoms with Crippen molar-refractivity contribution < 1.29 is 22.7 Å². The van der Waals surface area contributed by atoms with Gasteiger partial charge in [-0.3, -0.25) is 4.79 Å². The van der Waals surface area contributed by atoms with Gasteiger partial charge in [0.2, 0.25) is 10.0 Å². The number of fused-ring (bicyclic) bond motifs is 1. The standard InChI is InChI=1S/C25H33N3O5S/c1-5-32-24-14-18-13-17(2)33-23(18)16-21(24)26-25(29)20-15-19(34(30,31)27(3)4)9-10-22(20)28-11-7-6-8-12-28/h9-10,14-17H,5-8,11-13H2,1-4H3,(H,26,29). The van der Waals surface area contributed by atoms with Crippen molar-refractivity contribution in [3.63, 3.8) is 0 Å². The largest absolute Gasteiger partial charge is 0.492 e. The molecule has 1 fully saturated rings. The third-order valence-electron chi connectivity index (χ3n) is 6.23. The number of anilines is 2. The highest BCUT2D eigenvalue weighted by atomic mass is 32.2. The quantitative estimate of drug-likeness (QED) is 0.637. The van der Waals surface area contributed by atoms with Crippen LogP contribution in [-0.4, -0.2) is 58.5 Å². The van der Waals surface area contributed by atoms with Gasteiger partial charge in [-0.05, 0) is 57.4 Å². The molecule has 2 heterocycles. The van der Waals surface area contributed by atoms with E-state index in [0.29, 0.717) is 23.6 Å². The van der Waals surface area contributed by atoms with E-state index in [1.807, 2.05) is 19.9 Å². The van der Waals surface area contributed by atoms with Crippen molar-refractivity contribution in [1.29, 1.82) is 0 Å². The minimum Gasteiger partial charge on any atom is -0.492 e. The van der Waals surface area contributed by atoms with E-state index in [1.165, 1.54) is 20.2 Å². The highest BCUT2D eigenvalue weighted by Crippen LogP contribution is 2.39. The van der Waals surface area contributed by atoms with Crippen molar-refractivity contribution >= 4 is 27.3 Å². The molecule has 2 aromatic carbocycles. The van der Waals surface area contributed by atoms with Crippen LogP contribution in [0.2, 0.25) is 0 Å². The van der Waals surface area contributed by atoms with E-state index in [-0.39, 0.29) is 16.9 Å². The zero-order valence-electron chi connectivity index (χ0n) is 20.3. The van der Waals surface area contributed by atoms with Gasteiger partial charge in [-0.2, -0.15) is 0 Å². The van der Waals surface area contributed by atoms with Gasteiger partial charge >= 0.3 is 0 Å². The van der Waals surface area contributed by atoms with Gasteiger partial charge in [-0.15, -0.1) is 0 Å². The summed E-state index contributed by atoms with van der Waals surface area (Å²) in [6, 6.07) is 8.50. The zero-order valence-corrected chi connectivity index (χ0v) is 21.1. The number of nitrogens with zero attached hydrogens (tertiary/aromatic N) is 2. The Kier molecular flexibility index (Phi) is 7.04. The molecule has 8 nitrogen and oxygen atoms in total. The fourth-order valence-corrected chi connectivity index (χ4v) is 5.41. The number of carbonyl (C=O) groups is 1. The van der Waals surface area contributed by atoms with Crippen LogP contribution >= 0.6 is 0 Å². The van der Waals surface area contributed by atoms with Crippen LogP contribution in [0.3, 0.4) is 0 Å². The molecule has 184 valence electrons. The number of rotatable bonds is 7. The Morgan fingerprint density at radius 1 is 1.18 bits per heavy atom. The summed E-state index contributed by atoms with van der Waals surface area (Å²) in [7, 11) is -0.735. The second-order valence-electron chi connectivity index (χ2n) is 8.99. The normalized spacial score (nSPS) is 17.9. The van der Waals surface area contributed by atoms with Gasteiger partial charge < -0.3 is 19.7 Å². The van der Waals surface area contributed by atoms with E-state index in [4.69, 9.17) is 9.47 Å². The summed E-state index contributed by atoms with van der Waals surface area (Å²) in [5.41, 5.74) is 2.60. The minimum absolute atomic E-state index is 0.0639. The minimum atomic E-state index is -3.69. The van der Waals surface area contributed by atoms with E-state index < -0.39 is 10.0 Å². The third kappa shape index (κ3) is 4.86. The Balaban J connectivity index is 1.74. The summed E-state index contributed by atoms with van der Waals surface area (Å²) in [6.07, 6.45) is 4.07. The van der Waals surface area contributed by atoms with Gasteiger partial charge in [0.1, 0.15) is 17.6 Å². The molecular formula is C25H33N3O5S. The lowest BCUT2D eigenvalue weighted by Gasteiger charge is -2.30. The predicted octanol–water partition coefficient (Wildman–Crippen LogP) is 3.90. The Hall–Kier alpha value is -2.78. The number of nitrogens with one attached hydrogen (secondary N) is 1. The number of hydrogen-bond acceptors (Lipinski definition) is 6. The van der Waals surface area contributed by atoms with Gasteiger partial charge in [-0.25, -0.2) is 12.7 Å². The molecule has 2 aliphatic heterocycles. The van der Waals surface area contributed by atoms with E-state index in [0.717, 1.165) is 60.1 Å². The Labute approximate surface area is 201 Å². The van der Waals surface area contributed by atoms with Crippen LogP contribution in [0.1, 0.15) is 49.0 Å². The molecule has 0 aromatic heterocycles. The Morgan fingerprint density at radius 2 is 1.91 bits per heavy atom. The van der Waals surface area contributed by atoms with E-state index in [2.05, 4.69) is 10.2 Å². The summed E-state index contributed by atoms with van der Waals surface area (Å²) >= 11 is 0. The average molecular weight is 488 g/mol. The van der Waals surface area contributed by atoms with Gasteiger partial charge in [0.15, 0.2) is 0 Å². The summed E-state index contributed by atoms with van der Waals surface area (Å²) < 4.78 is 38.4. The predicted molar refractivity (Wildman–Crippen MR) is 133 cm³/mol. The molecule has 0 radical (unpaired) electrons. The fraction of sp³-hybridized carbons (Fsp3) is 0.480. The molecule has 9 heteroatoms. The van der Waals surface area contributed by atoms with Crippen LogP contribution in [0.5, 0.6) is 11.5 Å². The zero-order chi connectivity index (χ0) is 24.5. The molecule has 1 atom stereocenters. The molecule has 0 aliphatic carbocycles. The second-order valence-corrected chi connectivity index (χ2v) is 11.1. The number of ether oxygens (including phenoxy) is 2. The van der Waals surface area contributed by atoms with Crippen molar-refractivity contribution in [3.05, 3.63) is 41.5 Å². The monoisotopic (exact) mass is 487 g/mol. The van der Waals surface area contributed by atoms with E-state index in [9.17, 15) is 13.2 Å². The van der Waals surface area contributed by atoms with Gasteiger partial charge in [-0.1, -0.05) is 0 Å². The van der Waals surface area contributed by atoms with Crippen molar-refractivity contribution in [2.75, 3.05) is 44.0 Å². The highest BCUT2D eigenvalue weighted by molar-refractivity contribution is 7.89. The van der Waals surface area contributed by atoms with E-state index in [1.54, 1.807) is 18.2 Å². The SMILES string of the molecule is CCOc1cc2c(cc1NC(=O)c1cc(S(=O)(=O)N(C)C)ccc1N1CCCCC1)OC(C)C2. The maximum atomic E-state index is 13.6. The lowest BCUT2D eigenvalue weighted by atomic mass is 10.1. The number of hydrogen-bond donors (Lipinski definition) is 1. The fourth-order valence-electron chi connectivity index (χ4n) is 4.48. The third-order valence-corrected chi connectivity index (χ3v) is 8.05. The average Bonchev–Trinajstić information content (AvgIpc) is 3.18. The number of sulfonamides is 1. The Morgan fingerprint density at radius 3 is 2.59 bits per heavy atom. The molecule has 1 amide bonds. The first kappa shape index (κ1) is 24.3. The first-order valence-corrected chi connectivity index (χ1v) is 13.2. The first-order valence-electron chi connectivity index (χ1n) is 11.8. The summed E-state index contributed by atoms with van der Waals surface area (Å²) in [6.45, 7) is 6.00. The van der Waals surface area contributed by atoms with Gasteiger partial charge in [0.05, 0.1) is 22.8 Å². The molecule has 34 heavy (non-hydrogen) atoms. The molecule has 0 saturated carbocycles. The number of carbonyl (C=O) groups excluding carboxylic acids is 1. The number of benzene rings is 2. The Bertz CT molecular complexity index is 1170. The van der Waals surface area contributed by atoms with Crippen LogP contribution < -0.4 is 19.7 Å². The summed E-state index contributed by atoms with van der Waals surface area (Å²) in [5.74, 6) is 0.915. The molecule has 4 rings (SSSR count). The number of piperidine rings is 1. The molecule has 1 unspecified atom stereocenters. The molecule has 0 bridgehead atoms. The van der Waals surface area contributed by atoms with Crippen LogP contribution in [-0.2, 0) is 16.4 Å². The summed E-state index contributed by atoms with van der Waals surface area (Å²) in [5, 5.41) is 2.96. The lowest BCUT2D eigenvalue weighted by molar-refractivity contribution is 0.102. The highest BCUT2D eigenvalue weighted by Gasteiger charge is 2.26. The smallest absolute Gasteiger partial charge is 0.257 e. The molecular weight excluding hydrogens is 454 g/mol.